The fraction of sp³-hybridized carbons (Fsp3) is 0.278. The minimum atomic E-state index is -0.0899. The fourth-order valence-corrected chi connectivity index (χ4v) is 3.78. The van der Waals surface area contributed by atoms with Crippen LogP contribution in [-0.4, -0.2) is 33.5 Å². The minimum Gasteiger partial charge on any atom is -0.348 e. The molecule has 7 heteroatoms. The smallest absolute Gasteiger partial charge is 0.251 e. The van der Waals surface area contributed by atoms with Crippen LogP contribution in [0, 0.1) is 0 Å². The maximum atomic E-state index is 12.3. The molecule has 1 saturated heterocycles. The van der Waals surface area contributed by atoms with Crippen molar-refractivity contribution in [2.24, 2.45) is 0 Å². The second-order valence-corrected chi connectivity index (χ2v) is 6.85. The topological polar surface area (TPSA) is 63.1 Å². The number of imidazole rings is 1. The van der Waals surface area contributed by atoms with Crippen LogP contribution in [0.1, 0.15) is 28.9 Å². The van der Waals surface area contributed by atoms with E-state index in [1.165, 1.54) is 12.8 Å². The molecule has 3 heterocycles. The van der Waals surface area contributed by atoms with Crippen molar-refractivity contribution in [3.05, 3.63) is 59.6 Å². The summed E-state index contributed by atoms with van der Waals surface area (Å²) in [5.41, 5.74) is 2.53. The third-order valence-corrected chi connectivity index (χ3v) is 5.23. The maximum Gasteiger partial charge on any atom is 0.251 e. The van der Waals surface area contributed by atoms with Gasteiger partial charge in [0.1, 0.15) is 0 Å². The lowest BCUT2D eigenvalue weighted by atomic mass is 10.2. The van der Waals surface area contributed by atoms with Gasteiger partial charge in [-0.05, 0) is 37.1 Å². The molecule has 0 bridgehead atoms. The molecule has 1 amide bonds. The Hall–Kier alpha value is -2.67. The summed E-state index contributed by atoms with van der Waals surface area (Å²) in [6.45, 7) is 2.62. The monoisotopic (exact) mass is 353 g/mol. The Labute approximate surface area is 150 Å². The van der Waals surface area contributed by atoms with Crippen LogP contribution in [-0.2, 0) is 6.54 Å². The molecule has 128 valence electrons. The third kappa shape index (κ3) is 3.56. The van der Waals surface area contributed by atoms with Crippen molar-refractivity contribution < 1.29 is 4.79 Å². The average molecular weight is 353 g/mol. The summed E-state index contributed by atoms with van der Waals surface area (Å²) in [6.07, 6.45) is 7.80. The predicted molar refractivity (Wildman–Crippen MR) is 98.3 cm³/mol. The number of thiazole rings is 1. The lowest BCUT2D eigenvalue weighted by Gasteiger charge is -2.12. The molecule has 1 aliphatic rings. The molecule has 3 aromatic rings. The third-order valence-electron chi connectivity index (χ3n) is 4.28. The molecule has 1 aliphatic heterocycles. The van der Waals surface area contributed by atoms with Crippen molar-refractivity contribution in [1.29, 1.82) is 0 Å². The van der Waals surface area contributed by atoms with E-state index in [2.05, 4.69) is 20.2 Å². The van der Waals surface area contributed by atoms with Gasteiger partial charge < -0.3 is 14.8 Å². The molecule has 1 fully saturated rings. The molecule has 2 aromatic heterocycles. The van der Waals surface area contributed by atoms with E-state index >= 15 is 0 Å². The molecular weight excluding hydrogens is 334 g/mol. The van der Waals surface area contributed by atoms with Crippen molar-refractivity contribution in [3.63, 3.8) is 0 Å². The summed E-state index contributed by atoms with van der Waals surface area (Å²) in [4.78, 5) is 23.3. The zero-order valence-electron chi connectivity index (χ0n) is 13.8. The van der Waals surface area contributed by atoms with Crippen LogP contribution >= 0.6 is 11.3 Å². The SMILES string of the molecule is O=C(NCc1csc(N2CCCC2)n1)c1ccc(-n2ccnc2)cc1. The molecule has 1 aromatic carbocycles. The van der Waals surface area contributed by atoms with Gasteiger partial charge in [-0.2, -0.15) is 0 Å². The number of rotatable bonds is 5. The molecule has 0 saturated carbocycles. The molecule has 25 heavy (non-hydrogen) atoms. The van der Waals surface area contributed by atoms with Crippen molar-refractivity contribution in [2.75, 3.05) is 18.0 Å². The largest absolute Gasteiger partial charge is 0.348 e. The zero-order chi connectivity index (χ0) is 17.1. The first-order chi connectivity index (χ1) is 12.3. The number of hydrogen-bond acceptors (Lipinski definition) is 5. The highest BCUT2D eigenvalue weighted by atomic mass is 32.1. The molecule has 0 atom stereocenters. The van der Waals surface area contributed by atoms with Crippen molar-refractivity contribution >= 4 is 22.4 Å². The Bertz CT molecular complexity index is 835. The molecule has 0 aliphatic carbocycles. The summed E-state index contributed by atoms with van der Waals surface area (Å²) in [7, 11) is 0. The molecule has 0 radical (unpaired) electrons. The van der Waals surface area contributed by atoms with Gasteiger partial charge in [-0.3, -0.25) is 4.79 Å². The van der Waals surface area contributed by atoms with Crippen LogP contribution in [0.5, 0.6) is 0 Å². The highest BCUT2D eigenvalue weighted by Crippen LogP contribution is 2.24. The number of carbonyl (C=O) groups excluding carboxylic acids is 1. The van der Waals surface area contributed by atoms with E-state index in [4.69, 9.17) is 0 Å². The van der Waals surface area contributed by atoms with Crippen LogP contribution < -0.4 is 10.2 Å². The van der Waals surface area contributed by atoms with Crippen LogP contribution in [0.3, 0.4) is 0 Å². The van der Waals surface area contributed by atoms with Crippen LogP contribution in [0.25, 0.3) is 5.69 Å². The molecule has 6 nitrogen and oxygen atoms in total. The molecular formula is C18H19N5OS. The van der Waals surface area contributed by atoms with Gasteiger partial charge in [0.25, 0.3) is 5.91 Å². The highest BCUT2D eigenvalue weighted by Gasteiger charge is 2.16. The van der Waals surface area contributed by atoms with Gasteiger partial charge in [0.2, 0.25) is 0 Å². The van der Waals surface area contributed by atoms with E-state index in [0.717, 1.165) is 29.6 Å². The standard InChI is InChI=1S/C18H19N5OS/c24-17(14-3-5-16(6-4-14)23-10-7-19-13-23)20-11-15-12-25-18(21-15)22-8-1-2-9-22/h3-7,10,12-13H,1-2,8-9,11H2,(H,20,24). The Morgan fingerprint density at radius 1 is 1.20 bits per heavy atom. The van der Waals surface area contributed by atoms with Gasteiger partial charge in [0.05, 0.1) is 18.6 Å². The first-order valence-electron chi connectivity index (χ1n) is 8.35. The second kappa shape index (κ2) is 7.06. The van der Waals surface area contributed by atoms with Crippen LogP contribution in [0.15, 0.2) is 48.4 Å². The average Bonchev–Trinajstić information content (AvgIpc) is 3.42. The summed E-state index contributed by atoms with van der Waals surface area (Å²) in [5, 5.41) is 6.03. The number of nitrogens with zero attached hydrogens (tertiary/aromatic N) is 4. The van der Waals surface area contributed by atoms with Gasteiger partial charge in [0, 0.05) is 42.1 Å². The Morgan fingerprint density at radius 3 is 2.72 bits per heavy atom. The zero-order valence-corrected chi connectivity index (χ0v) is 14.6. The van der Waals surface area contributed by atoms with Crippen molar-refractivity contribution in [1.82, 2.24) is 19.9 Å². The minimum absolute atomic E-state index is 0.0899. The van der Waals surface area contributed by atoms with Crippen molar-refractivity contribution in [2.45, 2.75) is 19.4 Å². The summed E-state index contributed by atoms with van der Waals surface area (Å²) in [5.74, 6) is -0.0899. The molecule has 0 spiro atoms. The molecule has 1 N–H and O–H groups in total. The Balaban J connectivity index is 1.35. The number of hydrogen-bond donors (Lipinski definition) is 1. The fourth-order valence-electron chi connectivity index (χ4n) is 2.90. The number of anilines is 1. The molecule has 4 rings (SSSR count). The summed E-state index contributed by atoms with van der Waals surface area (Å²) in [6, 6.07) is 7.46. The van der Waals surface area contributed by atoms with Crippen molar-refractivity contribution in [3.8, 4) is 5.69 Å². The second-order valence-electron chi connectivity index (χ2n) is 6.02. The first-order valence-corrected chi connectivity index (χ1v) is 9.23. The number of aromatic nitrogens is 3. The number of nitrogens with one attached hydrogen (secondary N) is 1. The van der Waals surface area contributed by atoms with Crippen LogP contribution in [0.4, 0.5) is 5.13 Å². The van der Waals surface area contributed by atoms with E-state index in [9.17, 15) is 4.79 Å². The van der Waals surface area contributed by atoms with Gasteiger partial charge in [-0.15, -0.1) is 11.3 Å². The Kier molecular flexibility index (Phi) is 4.47. The van der Waals surface area contributed by atoms with E-state index in [1.54, 1.807) is 23.9 Å². The number of amides is 1. The highest BCUT2D eigenvalue weighted by molar-refractivity contribution is 7.13. The lowest BCUT2D eigenvalue weighted by molar-refractivity contribution is 0.0950. The van der Waals surface area contributed by atoms with Gasteiger partial charge in [-0.25, -0.2) is 9.97 Å². The van der Waals surface area contributed by atoms with E-state index in [-0.39, 0.29) is 5.91 Å². The quantitative estimate of drug-likeness (QED) is 0.766. The Morgan fingerprint density at radius 2 is 2.00 bits per heavy atom. The van der Waals surface area contributed by atoms with Gasteiger partial charge in [-0.1, -0.05) is 0 Å². The molecule has 0 unspecified atom stereocenters. The van der Waals surface area contributed by atoms with E-state index in [0.29, 0.717) is 12.1 Å². The predicted octanol–water partition coefficient (Wildman–Crippen LogP) is 2.86. The summed E-state index contributed by atoms with van der Waals surface area (Å²) < 4.78 is 1.90. The van der Waals surface area contributed by atoms with Gasteiger partial charge >= 0.3 is 0 Å². The maximum absolute atomic E-state index is 12.3. The normalized spacial score (nSPS) is 14.0. The van der Waals surface area contributed by atoms with E-state index in [1.807, 2.05) is 40.4 Å². The lowest BCUT2D eigenvalue weighted by Crippen LogP contribution is -2.23. The van der Waals surface area contributed by atoms with Crippen LogP contribution in [0.2, 0.25) is 0 Å². The number of benzene rings is 1. The number of carbonyl (C=O) groups is 1. The van der Waals surface area contributed by atoms with Gasteiger partial charge in [0.15, 0.2) is 5.13 Å². The van der Waals surface area contributed by atoms with E-state index < -0.39 is 0 Å². The first kappa shape index (κ1) is 15.8. The summed E-state index contributed by atoms with van der Waals surface area (Å²) >= 11 is 1.65.